The van der Waals surface area contributed by atoms with Crippen molar-refractivity contribution in [2.24, 2.45) is 0 Å². The van der Waals surface area contributed by atoms with Crippen molar-refractivity contribution in [3.8, 4) is 6.07 Å². The number of likely N-dealkylation sites (N-methyl/N-ethyl adjacent to an activating group) is 1. The number of nitrogens with zero attached hydrogens (tertiary/aromatic N) is 4. The Labute approximate surface area is 115 Å². The van der Waals surface area contributed by atoms with Crippen molar-refractivity contribution in [3.63, 3.8) is 0 Å². The second kappa shape index (κ2) is 6.65. The highest BCUT2D eigenvalue weighted by Crippen LogP contribution is 2.18. The maximum Gasteiger partial charge on any atom is 0.144 e. The van der Waals surface area contributed by atoms with E-state index in [1.807, 2.05) is 12.1 Å². The largest absolute Gasteiger partial charge is 0.300 e. The maximum absolute atomic E-state index is 9.07. The molecule has 1 aliphatic rings. The lowest BCUT2D eigenvalue weighted by molar-refractivity contribution is 0.209. The van der Waals surface area contributed by atoms with Gasteiger partial charge >= 0.3 is 0 Å². The van der Waals surface area contributed by atoms with E-state index in [0.717, 1.165) is 38.3 Å². The van der Waals surface area contributed by atoms with Gasteiger partial charge in [0.05, 0.1) is 0 Å². The number of aromatic nitrogens is 1. The third kappa shape index (κ3) is 3.31. The lowest BCUT2D eigenvalue weighted by Gasteiger charge is -2.26. The molecule has 1 atom stereocenters. The molecule has 0 spiro atoms. The van der Waals surface area contributed by atoms with Gasteiger partial charge in [-0.05, 0) is 25.6 Å². The predicted octanol–water partition coefficient (Wildman–Crippen LogP) is 1.87. The first-order valence-electron chi connectivity index (χ1n) is 7.08. The molecule has 0 amide bonds. The standard InChI is InChI=1S/C15H22N4/c1-3-19(4-2)14-7-9-18(12-14)11-13-6-5-8-17-15(13)10-16/h5-6,8,14H,3-4,7,9,11-12H2,1-2H3. The summed E-state index contributed by atoms with van der Waals surface area (Å²) < 4.78 is 0. The molecule has 1 saturated heterocycles. The summed E-state index contributed by atoms with van der Waals surface area (Å²) in [6.45, 7) is 9.73. The van der Waals surface area contributed by atoms with Crippen molar-refractivity contribution >= 4 is 0 Å². The fourth-order valence-corrected chi connectivity index (χ4v) is 2.90. The second-order valence-electron chi connectivity index (χ2n) is 5.02. The van der Waals surface area contributed by atoms with Gasteiger partial charge in [0, 0.05) is 37.4 Å². The Balaban J connectivity index is 1.97. The molecule has 2 heterocycles. The van der Waals surface area contributed by atoms with Crippen LogP contribution in [-0.2, 0) is 6.54 Å². The summed E-state index contributed by atoms with van der Waals surface area (Å²) in [5.41, 5.74) is 1.61. The third-order valence-corrected chi connectivity index (χ3v) is 3.97. The van der Waals surface area contributed by atoms with Crippen molar-refractivity contribution in [1.82, 2.24) is 14.8 Å². The van der Waals surface area contributed by atoms with E-state index in [2.05, 4.69) is 34.7 Å². The van der Waals surface area contributed by atoms with E-state index in [0.29, 0.717) is 11.7 Å². The average molecular weight is 258 g/mol. The van der Waals surface area contributed by atoms with Crippen molar-refractivity contribution < 1.29 is 0 Å². The molecule has 0 bridgehead atoms. The highest BCUT2D eigenvalue weighted by molar-refractivity contribution is 5.30. The van der Waals surface area contributed by atoms with E-state index in [4.69, 9.17) is 5.26 Å². The molecule has 1 aromatic rings. The van der Waals surface area contributed by atoms with Crippen LogP contribution in [0.15, 0.2) is 18.3 Å². The average Bonchev–Trinajstić information content (AvgIpc) is 2.89. The molecule has 0 radical (unpaired) electrons. The number of nitriles is 1. The molecule has 1 aliphatic heterocycles. The maximum atomic E-state index is 9.07. The first-order valence-corrected chi connectivity index (χ1v) is 7.08. The van der Waals surface area contributed by atoms with Gasteiger partial charge in [-0.25, -0.2) is 4.98 Å². The van der Waals surface area contributed by atoms with Gasteiger partial charge in [-0.3, -0.25) is 9.80 Å². The van der Waals surface area contributed by atoms with Gasteiger partial charge in [-0.15, -0.1) is 0 Å². The van der Waals surface area contributed by atoms with Gasteiger partial charge in [0.15, 0.2) is 0 Å². The first kappa shape index (κ1) is 14.0. The Morgan fingerprint density at radius 1 is 1.47 bits per heavy atom. The van der Waals surface area contributed by atoms with Crippen LogP contribution in [0.3, 0.4) is 0 Å². The second-order valence-corrected chi connectivity index (χ2v) is 5.02. The van der Waals surface area contributed by atoms with Crippen LogP contribution in [0.25, 0.3) is 0 Å². The highest BCUT2D eigenvalue weighted by atomic mass is 15.2. The highest BCUT2D eigenvalue weighted by Gasteiger charge is 2.26. The fraction of sp³-hybridized carbons (Fsp3) is 0.600. The van der Waals surface area contributed by atoms with Gasteiger partial charge in [0.25, 0.3) is 0 Å². The van der Waals surface area contributed by atoms with Gasteiger partial charge in [0.1, 0.15) is 11.8 Å². The monoisotopic (exact) mass is 258 g/mol. The molecule has 1 aromatic heterocycles. The Morgan fingerprint density at radius 3 is 2.95 bits per heavy atom. The number of rotatable bonds is 5. The molecular weight excluding hydrogens is 236 g/mol. The molecular formula is C15H22N4. The molecule has 4 heteroatoms. The van der Waals surface area contributed by atoms with Crippen LogP contribution < -0.4 is 0 Å². The number of hydrogen-bond donors (Lipinski definition) is 0. The summed E-state index contributed by atoms with van der Waals surface area (Å²) in [4.78, 5) is 9.08. The number of likely N-dealkylation sites (tertiary alicyclic amines) is 1. The van der Waals surface area contributed by atoms with Crippen LogP contribution in [0, 0.1) is 11.3 Å². The zero-order chi connectivity index (χ0) is 13.7. The van der Waals surface area contributed by atoms with E-state index in [9.17, 15) is 0 Å². The summed E-state index contributed by atoms with van der Waals surface area (Å²) in [5.74, 6) is 0. The van der Waals surface area contributed by atoms with E-state index >= 15 is 0 Å². The summed E-state index contributed by atoms with van der Waals surface area (Å²) >= 11 is 0. The SMILES string of the molecule is CCN(CC)C1CCN(Cc2cccnc2C#N)C1. The number of pyridine rings is 1. The molecule has 1 unspecified atom stereocenters. The molecule has 0 saturated carbocycles. The number of hydrogen-bond acceptors (Lipinski definition) is 4. The summed E-state index contributed by atoms with van der Waals surface area (Å²) in [7, 11) is 0. The summed E-state index contributed by atoms with van der Waals surface area (Å²) in [5, 5.41) is 9.07. The minimum absolute atomic E-state index is 0.564. The van der Waals surface area contributed by atoms with Gasteiger partial charge in [0.2, 0.25) is 0 Å². The first-order chi connectivity index (χ1) is 9.28. The summed E-state index contributed by atoms with van der Waals surface area (Å²) in [6.07, 6.45) is 2.91. The molecule has 0 N–H and O–H groups in total. The zero-order valence-electron chi connectivity index (χ0n) is 11.8. The van der Waals surface area contributed by atoms with Crippen LogP contribution in [0.4, 0.5) is 0 Å². The van der Waals surface area contributed by atoms with Crippen LogP contribution >= 0.6 is 0 Å². The van der Waals surface area contributed by atoms with E-state index in [1.165, 1.54) is 6.42 Å². The van der Waals surface area contributed by atoms with Gasteiger partial charge in [-0.2, -0.15) is 5.26 Å². The topological polar surface area (TPSA) is 43.2 Å². The van der Waals surface area contributed by atoms with E-state index in [1.54, 1.807) is 6.20 Å². The minimum Gasteiger partial charge on any atom is -0.300 e. The lowest BCUT2D eigenvalue weighted by atomic mass is 10.2. The Hall–Kier alpha value is -1.44. The van der Waals surface area contributed by atoms with Crippen LogP contribution in [-0.4, -0.2) is 47.0 Å². The Kier molecular flexibility index (Phi) is 4.89. The van der Waals surface area contributed by atoms with Crippen LogP contribution in [0.2, 0.25) is 0 Å². The molecule has 0 aliphatic carbocycles. The normalized spacial score (nSPS) is 19.8. The minimum atomic E-state index is 0.564. The molecule has 19 heavy (non-hydrogen) atoms. The van der Waals surface area contributed by atoms with Gasteiger partial charge in [-0.1, -0.05) is 19.9 Å². The quantitative estimate of drug-likeness (QED) is 0.808. The van der Waals surface area contributed by atoms with E-state index in [-0.39, 0.29) is 0 Å². The van der Waals surface area contributed by atoms with Crippen molar-refractivity contribution in [2.45, 2.75) is 32.9 Å². The van der Waals surface area contributed by atoms with Crippen molar-refractivity contribution in [2.75, 3.05) is 26.2 Å². The molecule has 1 fully saturated rings. The molecule has 0 aromatic carbocycles. The van der Waals surface area contributed by atoms with Crippen LogP contribution in [0.5, 0.6) is 0 Å². The predicted molar refractivity (Wildman–Crippen MR) is 75.6 cm³/mol. The molecule has 2 rings (SSSR count). The Morgan fingerprint density at radius 2 is 2.26 bits per heavy atom. The zero-order valence-corrected chi connectivity index (χ0v) is 11.8. The third-order valence-electron chi connectivity index (χ3n) is 3.97. The molecule has 4 nitrogen and oxygen atoms in total. The van der Waals surface area contributed by atoms with Gasteiger partial charge < -0.3 is 0 Å². The van der Waals surface area contributed by atoms with Crippen molar-refractivity contribution in [1.29, 1.82) is 5.26 Å². The van der Waals surface area contributed by atoms with Crippen molar-refractivity contribution in [3.05, 3.63) is 29.6 Å². The summed E-state index contributed by atoms with van der Waals surface area (Å²) in [6, 6.07) is 6.76. The van der Waals surface area contributed by atoms with E-state index < -0.39 is 0 Å². The van der Waals surface area contributed by atoms with Crippen LogP contribution in [0.1, 0.15) is 31.5 Å². The lowest BCUT2D eigenvalue weighted by Crippen LogP contribution is -2.37. The molecule has 102 valence electrons. The fourth-order valence-electron chi connectivity index (χ4n) is 2.90. The smallest absolute Gasteiger partial charge is 0.144 e. The Bertz CT molecular complexity index is 448.